The Morgan fingerprint density at radius 2 is 2.00 bits per heavy atom. The van der Waals surface area contributed by atoms with Crippen LogP contribution in [0.4, 0.5) is 5.69 Å². The van der Waals surface area contributed by atoms with E-state index in [0.29, 0.717) is 9.88 Å². The molecular weight excluding hydrogens is 240 g/mol. The maximum absolute atomic E-state index is 11.1. The number of hydrogen-bond donors (Lipinski definition) is 0. The number of ketones is 1. The van der Waals surface area contributed by atoms with Gasteiger partial charge in [-0.1, -0.05) is 0 Å². The molecular formula is C11H8N2O3S. The normalized spacial score (nSPS) is 10.2. The molecule has 0 radical (unpaired) electrons. The number of Topliss-reactive ketones (excluding diaryl/α,β-unsaturated/α-hetero) is 1. The van der Waals surface area contributed by atoms with Crippen molar-refractivity contribution in [3.8, 4) is 10.6 Å². The quantitative estimate of drug-likeness (QED) is 0.475. The van der Waals surface area contributed by atoms with E-state index in [2.05, 4.69) is 4.98 Å². The van der Waals surface area contributed by atoms with Crippen molar-refractivity contribution in [2.45, 2.75) is 6.92 Å². The number of aromatic nitrogens is 1. The van der Waals surface area contributed by atoms with Crippen LogP contribution in [0.25, 0.3) is 10.6 Å². The lowest BCUT2D eigenvalue weighted by molar-refractivity contribution is -0.384. The van der Waals surface area contributed by atoms with Gasteiger partial charge in [0.2, 0.25) is 0 Å². The zero-order valence-electron chi connectivity index (χ0n) is 8.91. The molecule has 0 saturated heterocycles. The summed E-state index contributed by atoms with van der Waals surface area (Å²) in [4.78, 5) is 25.8. The van der Waals surface area contributed by atoms with Crippen LogP contribution in [-0.2, 0) is 0 Å². The van der Waals surface area contributed by atoms with Crippen molar-refractivity contribution >= 4 is 22.8 Å². The van der Waals surface area contributed by atoms with Gasteiger partial charge in [-0.25, -0.2) is 4.98 Å². The van der Waals surface area contributed by atoms with Crippen molar-refractivity contribution in [2.75, 3.05) is 0 Å². The third-order valence-corrected chi connectivity index (χ3v) is 3.32. The van der Waals surface area contributed by atoms with Crippen molar-refractivity contribution in [1.82, 2.24) is 4.98 Å². The zero-order valence-corrected chi connectivity index (χ0v) is 9.73. The summed E-state index contributed by atoms with van der Waals surface area (Å²) in [6, 6.07) is 6.09. The van der Waals surface area contributed by atoms with Gasteiger partial charge in [-0.3, -0.25) is 14.9 Å². The molecule has 0 saturated carbocycles. The number of hydrogen-bond acceptors (Lipinski definition) is 5. The van der Waals surface area contributed by atoms with Crippen LogP contribution in [0.1, 0.15) is 16.6 Å². The van der Waals surface area contributed by atoms with Gasteiger partial charge < -0.3 is 0 Å². The Morgan fingerprint density at radius 3 is 2.47 bits per heavy atom. The molecule has 0 N–H and O–H groups in total. The first-order chi connectivity index (χ1) is 8.08. The molecule has 86 valence electrons. The summed E-state index contributed by atoms with van der Waals surface area (Å²) in [5, 5.41) is 11.2. The van der Waals surface area contributed by atoms with Gasteiger partial charge in [0.15, 0.2) is 5.78 Å². The highest BCUT2D eigenvalue weighted by atomic mass is 32.1. The lowest BCUT2D eigenvalue weighted by Gasteiger charge is -1.95. The van der Waals surface area contributed by atoms with Crippen molar-refractivity contribution in [1.29, 1.82) is 0 Å². The highest BCUT2D eigenvalue weighted by Gasteiger charge is 2.09. The maximum Gasteiger partial charge on any atom is 0.269 e. The van der Waals surface area contributed by atoms with Crippen LogP contribution in [0, 0.1) is 10.1 Å². The van der Waals surface area contributed by atoms with Crippen molar-refractivity contribution in [3.05, 3.63) is 45.5 Å². The van der Waals surface area contributed by atoms with E-state index in [4.69, 9.17) is 0 Å². The van der Waals surface area contributed by atoms with Crippen LogP contribution < -0.4 is 0 Å². The topological polar surface area (TPSA) is 73.1 Å². The monoisotopic (exact) mass is 248 g/mol. The summed E-state index contributed by atoms with van der Waals surface area (Å²) in [6.07, 6.45) is 1.52. The summed E-state index contributed by atoms with van der Waals surface area (Å²) in [7, 11) is 0. The van der Waals surface area contributed by atoms with Crippen LogP contribution in [0.3, 0.4) is 0 Å². The Hall–Kier alpha value is -2.08. The summed E-state index contributed by atoms with van der Waals surface area (Å²) < 4.78 is 0. The molecule has 17 heavy (non-hydrogen) atoms. The van der Waals surface area contributed by atoms with E-state index in [1.807, 2.05) is 0 Å². The molecule has 1 aromatic carbocycles. The maximum atomic E-state index is 11.1. The molecule has 0 fully saturated rings. The molecule has 2 rings (SSSR count). The van der Waals surface area contributed by atoms with Gasteiger partial charge in [-0.15, -0.1) is 11.3 Å². The van der Waals surface area contributed by atoms with Gasteiger partial charge in [0.25, 0.3) is 5.69 Å². The van der Waals surface area contributed by atoms with Crippen molar-refractivity contribution < 1.29 is 9.72 Å². The molecule has 0 bridgehead atoms. The largest absolute Gasteiger partial charge is 0.294 e. The summed E-state index contributed by atoms with van der Waals surface area (Å²) in [5.41, 5.74) is 0.810. The number of rotatable bonds is 3. The molecule has 5 nitrogen and oxygen atoms in total. The minimum absolute atomic E-state index is 0.0318. The van der Waals surface area contributed by atoms with E-state index in [9.17, 15) is 14.9 Å². The molecule has 6 heteroatoms. The van der Waals surface area contributed by atoms with Gasteiger partial charge in [0.05, 0.1) is 9.80 Å². The summed E-state index contributed by atoms with van der Waals surface area (Å²) in [6.45, 7) is 1.48. The van der Waals surface area contributed by atoms with Crippen LogP contribution in [0.5, 0.6) is 0 Å². The Morgan fingerprint density at radius 1 is 1.35 bits per heavy atom. The second-order valence-corrected chi connectivity index (χ2v) is 4.42. The highest BCUT2D eigenvalue weighted by Crippen LogP contribution is 2.26. The number of nitro benzene ring substituents is 1. The van der Waals surface area contributed by atoms with Gasteiger partial charge >= 0.3 is 0 Å². The highest BCUT2D eigenvalue weighted by molar-refractivity contribution is 7.16. The molecule has 2 aromatic rings. The van der Waals surface area contributed by atoms with E-state index >= 15 is 0 Å². The molecule has 0 atom stereocenters. The average molecular weight is 248 g/mol. The summed E-state index contributed by atoms with van der Waals surface area (Å²) in [5.74, 6) is -0.0318. The van der Waals surface area contributed by atoms with E-state index in [1.165, 1.54) is 36.6 Å². The van der Waals surface area contributed by atoms with E-state index in [0.717, 1.165) is 5.56 Å². The first kappa shape index (κ1) is 11.4. The summed E-state index contributed by atoms with van der Waals surface area (Å²) >= 11 is 1.28. The third kappa shape index (κ3) is 2.36. The molecule has 0 aliphatic heterocycles. The van der Waals surface area contributed by atoms with E-state index in [-0.39, 0.29) is 11.5 Å². The van der Waals surface area contributed by atoms with E-state index in [1.54, 1.807) is 12.1 Å². The fourth-order valence-electron chi connectivity index (χ4n) is 1.30. The van der Waals surface area contributed by atoms with Gasteiger partial charge in [0, 0.05) is 30.8 Å². The molecule has 0 spiro atoms. The Balaban J connectivity index is 2.33. The Labute approximate surface area is 101 Å². The number of nitro groups is 1. The SMILES string of the molecule is CC(=O)c1cnc(-c2ccc([N+](=O)[O-])cc2)s1. The Bertz CT molecular complexity index is 575. The number of benzene rings is 1. The number of nitrogens with zero attached hydrogens (tertiary/aromatic N) is 2. The smallest absolute Gasteiger partial charge is 0.269 e. The fourth-order valence-corrected chi connectivity index (χ4v) is 2.11. The number of non-ortho nitro benzene ring substituents is 1. The zero-order chi connectivity index (χ0) is 12.4. The predicted octanol–water partition coefficient (Wildman–Crippen LogP) is 2.92. The number of carbonyl (C=O) groups excluding carboxylic acids is 1. The standard InChI is InChI=1S/C11H8N2O3S/c1-7(14)10-6-12-11(17-10)8-2-4-9(5-3-8)13(15)16/h2-6H,1H3. The van der Waals surface area contributed by atoms with Crippen LogP contribution in [-0.4, -0.2) is 15.7 Å². The fraction of sp³-hybridized carbons (Fsp3) is 0.0909. The average Bonchev–Trinajstić information content (AvgIpc) is 2.78. The van der Waals surface area contributed by atoms with Gasteiger partial charge in [-0.2, -0.15) is 0 Å². The first-order valence-electron chi connectivity index (χ1n) is 4.79. The van der Waals surface area contributed by atoms with Crippen molar-refractivity contribution in [3.63, 3.8) is 0 Å². The Kier molecular flexibility index (Phi) is 2.97. The third-order valence-electron chi connectivity index (χ3n) is 2.18. The molecule has 1 heterocycles. The lowest BCUT2D eigenvalue weighted by atomic mass is 10.2. The van der Waals surface area contributed by atoms with E-state index < -0.39 is 4.92 Å². The predicted molar refractivity (Wildman–Crippen MR) is 64.2 cm³/mol. The number of carbonyl (C=O) groups is 1. The van der Waals surface area contributed by atoms with Gasteiger partial charge in [0.1, 0.15) is 5.01 Å². The second-order valence-electron chi connectivity index (χ2n) is 3.39. The lowest BCUT2D eigenvalue weighted by Crippen LogP contribution is -1.86. The molecule has 0 unspecified atom stereocenters. The van der Waals surface area contributed by atoms with Crippen LogP contribution in [0.2, 0.25) is 0 Å². The minimum Gasteiger partial charge on any atom is -0.294 e. The molecule has 0 aliphatic rings. The molecule has 0 amide bonds. The van der Waals surface area contributed by atoms with Gasteiger partial charge in [-0.05, 0) is 12.1 Å². The van der Waals surface area contributed by atoms with Crippen LogP contribution >= 0.6 is 11.3 Å². The first-order valence-corrected chi connectivity index (χ1v) is 5.61. The van der Waals surface area contributed by atoms with Crippen LogP contribution in [0.15, 0.2) is 30.5 Å². The molecule has 1 aromatic heterocycles. The minimum atomic E-state index is -0.452. The molecule has 0 aliphatic carbocycles. The van der Waals surface area contributed by atoms with Crippen molar-refractivity contribution in [2.24, 2.45) is 0 Å². The number of thiazole rings is 1. The second kappa shape index (κ2) is 4.42.